The first kappa shape index (κ1) is 31.6. The van der Waals surface area contributed by atoms with E-state index in [1.54, 1.807) is 30.3 Å². The average molecular weight is 620 g/mol. The summed E-state index contributed by atoms with van der Waals surface area (Å²) in [6, 6.07) is 28.4. The molecule has 0 aliphatic rings. The number of nitrogens with one attached hydrogen (secondary N) is 1. The summed E-state index contributed by atoms with van der Waals surface area (Å²) in [6.07, 6.45) is 0.226. The summed E-state index contributed by atoms with van der Waals surface area (Å²) in [5.41, 5.74) is 2.78. The predicted molar refractivity (Wildman–Crippen MR) is 169 cm³/mol. The first-order valence-electron chi connectivity index (χ1n) is 13.7. The molecular formula is C33H34ClN3O5S. The Morgan fingerprint density at radius 3 is 2.12 bits per heavy atom. The van der Waals surface area contributed by atoms with Crippen LogP contribution in [0.2, 0.25) is 5.02 Å². The van der Waals surface area contributed by atoms with Gasteiger partial charge in [-0.25, -0.2) is 8.42 Å². The number of carbonyl (C=O) groups is 2. The summed E-state index contributed by atoms with van der Waals surface area (Å²) in [4.78, 5) is 29.1. The zero-order valence-corrected chi connectivity index (χ0v) is 25.8. The van der Waals surface area contributed by atoms with Gasteiger partial charge in [0, 0.05) is 25.0 Å². The molecule has 0 unspecified atom stereocenters. The van der Waals surface area contributed by atoms with Crippen LogP contribution in [-0.4, -0.2) is 51.9 Å². The van der Waals surface area contributed by atoms with Crippen LogP contribution in [0.25, 0.3) is 0 Å². The fraction of sp³-hybridized carbons (Fsp3) is 0.212. The minimum absolute atomic E-state index is 0.0120. The van der Waals surface area contributed by atoms with Crippen molar-refractivity contribution in [3.63, 3.8) is 0 Å². The number of methoxy groups -OCH3 is 1. The molecule has 4 aromatic carbocycles. The lowest BCUT2D eigenvalue weighted by atomic mass is 10.0. The Morgan fingerprint density at radius 1 is 0.884 bits per heavy atom. The SMILES string of the molecule is CNC(=O)[C@@H](Cc1ccccc1)N(Cc1ccc(C)cc1)C(=O)CN(c1cc(Cl)ccc1OC)S(=O)(=O)c1ccccc1. The molecule has 1 N–H and O–H groups in total. The van der Waals surface area contributed by atoms with Crippen LogP contribution in [0.1, 0.15) is 16.7 Å². The van der Waals surface area contributed by atoms with E-state index in [0.29, 0.717) is 0 Å². The molecule has 4 rings (SSSR count). The summed E-state index contributed by atoms with van der Waals surface area (Å²) < 4.78 is 34.7. The lowest BCUT2D eigenvalue weighted by Gasteiger charge is -2.34. The number of aryl methyl sites for hydroxylation is 1. The molecule has 0 aliphatic carbocycles. The van der Waals surface area contributed by atoms with Gasteiger partial charge in [-0.05, 0) is 48.4 Å². The summed E-state index contributed by atoms with van der Waals surface area (Å²) in [6.45, 7) is 1.43. The van der Waals surface area contributed by atoms with Gasteiger partial charge in [0.25, 0.3) is 10.0 Å². The highest BCUT2D eigenvalue weighted by atomic mass is 35.5. The van der Waals surface area contributed by atoms with E-state index in [0.717, 1.165) is 21.0 Å². The highest BCUT2D eigenvalue weighted by Crippen LogP contribution is 2.35. The number of carbonyl (C=O) groups excluding carboxylic acids is 2. The van der Waals surface area contributed by atoms with E-state index in [1.807, 2.05) is 61.5 Å². The molecule has 2 amide bonds. The number of sulfonamides is 1. The van der Waals surface area contributed by atoms with Crippen molar-refractivity contribution in [3.8, 4) is 5.75 Å². The monoisotopic (exact) mass is 619 g/mol. The molecule has 4 aromatic rings. The second-order valence-corrected chi connectivity index (χ2v) is 12.3. The first-order chi connectivity index (χ1) is 20.6. The Hall–Kier alpha value is -4.34. The van der Waals surface area contributed by atoms with Crippen LogP contribution < -0.4 is 14.4 Å². The number of likely N-dealkylation sites (N-methyl/N-ethyl adjacent to an activating group) is 1. The second kappa shape index (κ2) is 14.2. The summed E-state index contributed by atoms with van der Waals surface area (Å²) >= 11 is 6.31. The highest BCUT2D eigenvalue weighted by molar-refractivity contribution is 7.92. The molecule has 0 spiro atoms. The van der Waals surface area contributed by atoms with Gasteiger partial charge in [-0.1, -0.05) is 90.0 Å². The van der Waals surface area contributed by atoms with E-state index >= 15 is 0 Å². The number of benzene rings is 4. The van der Waals surface area contributed by atoms with Crippen LogP contribution in [0.3, 0.4) is 0 Å². The fourth-order valence-electron chi connectivity index (χ4n) is 4.70. The fourth-order valence-corrected chi connectivity index (χ4v) is 6.31. The normalized spacial score (nSPS) is 11.8. The van der Waals surface area contributed by atoms with Gasteiger partial charge in [0.2, 0.25) is 11.8 Å². The smallest absolute Gasteiger partial charge is 0.264 e. The average Bonchev–Trinajstić information content (AvgIpc) is 3.02. The number of hydrogen-bond donors (Lipinski definition) is 1. The van der Waals surface area contributed by atoms with Crippen LogP contribution in [0.4, 0.5) is 5.69 Å². The zero-order chi connectivity index (χ0) is 31.0. The lowest BCUT2D eigenvalue weighted by Crippen LogP contribution is -2.53. The van der Waals surface area contributed by atoms with Gasteiger partial charge in [0.1, 0.15) is 18.3 Å². The molecule has 8 nitrogen and oxygen atoms in total. The molecule has 0 aliphatic heterocycles. The Balaban J connectivity index is 1.82. The van der Waals surface area contributed by atoms with Crippen LogP contribution >= 0.6 is 11.6 Å². The van der Waals surface area contributed by atoms with Crippen LogP contribution in [-0.2, 0) is 32.6 Å². The van der Waals surface area contributed by atoms with E-state index in [1.165, 1.54) is 37.3 Å². The van der Waals surface area contributed by atoms with E-state index in [-0.39, 0.29) is 40.2 Å². The molecule has 0 saturated heterocycles. The maximum atomic E-state index is 14.4. The Morgan fingerprint density at radius 2 is 1.51 bits per heavy atom. The number of rotatable bonds is 12. The van der Waals surface area contributed by atoms with Gasteiger partial charge in [-0.3, -0.25) is 13.9 Å². The minimum Gasteiger partial charge on any atom is -0.495 e. The largest absolute Gasteiger partial charge is 0.495 e. The van der Waals surface area contributed by atoms with Crippen molar-refractivity contribution in [3.05, 3.63) is 125 Å². The second-order valence-electron chi connectivity index (χ2n) is 9.97. The predicted octanol–water partition coefficient (Wildman–Crippen LogP) is 5.24. The molecule has 0 bridgehead atoms. The van der Waals surface area contributed by atoms with Crippen molar-refractivity contribution in [1.82, 2.24) is 10.2 Å². The molecule has 10 heteroatoms. The molecule has 0 heterocycles. The molecular weight excluding hydrogens is 586 g/mol. The third-order valence-corrected chi connectivity index (χ3v) is 9.02. The lowest BCUT2D eigenvalue weighted by molar-refractivity contribution is -0.139. The topological polar surface area (TPSA) is 96.0 Å². The molecule has 224 valence electrons. The molecule has 0 saturated carbocycles. The van der Waals surface area contributed by atoms with Gasteiger partial charge in [0.15, 0.2) is 0 Å². The summed E-state index contributed by atoms with van der Waals surface area (Å²) in [5.74, 6) is -0.734. The van der Waals surface area contributed by atoms with Crippen molar-refractivity contribution in [1.29, 1.82) is 0 Å². The summed E-state index contributed by atoms with van der Waals surface area (Å²) in [5, 5.41) is 2.94. The summed E-state index contributed by atoms with van der Waals surface area (Å²) in [7, 11) is -1.35. The Kier molecular flexibility index (Phi) is 10.4. The zero-order valence-electron chi connectivity index (χ0n) is 24.2. The highest BCUT2D eigenvalue weighted by Gasteiger charge is 2.35. The number of nitrogens with zero attached hydrogens (tertiary/aromatic N) is 2. The van der Waals surface area contributed by atoms with Gasteiger partial charge in [-0.2, -0.15) is 0 Å². The number of amides is 2. The van der Waals surface area contributed by atoms with Gasteiger partial charge < -0.3 is 15.0 Å². The van der Waals surface area contributed by atoms with E-state index in [4.69, 9.17) is 16.3 Å². The van der Waals surface area contributed by atoms with Crippen molar-refractivity contribution in [2.75, 3.05) is 25.0 Å². The van der Waals surface area contributed by atoms with Gasteiger partial charge in [-0.15, -0.1) is 0 Å². The molecule has 0 radical (unpaired) electrons. The minimum atomic E-state index is -4.27. The van der Waals surface area contributed by atoms with Crippen LogP contribution in [0.5, 0.6) is 5.75 Å². The number of halogens is 1. The standard InChI is InChI=1S/C33H34ClN3O5S/c1-24-14-16-26(17-15-24)22-36(30(33(39)35-2)20-25-10-6-4-7-11-25)32(38)23-37(29-21-27(34)18-19-31(29)42-3)43(40,41)28-12-8-5-9-13-28/h4-19,21,30H,20,22-23H2,1-3H3,(H,35,39)/t30-/m1/s1. The number of hydrogen-bond acceptors (Lipinski definition) is 5. The van der Waals surface area contributed by atoms with Gasteiger partial charge >= 0.3 is 0 Å². The van der Waals surface area contributed by atoms with E-state index in [9.17, 15) is 18.0 Å². The van der Waals surface area contributed by atoms with E-state index in [2.05, 4.69) is 5.32 Å². The Labute approximate surface area is 257 Å². The van der Waals surface area contributed by atoms with Gasteiger partial charge in [0.05, 0.1) is 17.7 Å². The molecule has 1 atom stereocenters. The van der Waals surface area contributed by atoms with Crippen LogP contribution in [0, 0.1) is 6.92 Å². The van der Waals surface area contributed by atoms with E-state index < -0.39 is 28.5 Å². The van der Waals surface area contributed by atoms with Crippen molar-refractivity contribution in [2.45, 2.75) is 30.8 Å². The maximum absolute atomic E-state index is 14.4. The third kappa shape index (κ3) is 7.74. The number of ether oxygens (including phenoxy) is 1. The van der Waals surface area contributed by atoms with Crippen molar-refractivity contribution in [2.24, 2.45) is 0 Å². The maximum Gasteiger partial charge on any atom is 0.264 e. The number of anilines is 1. The van der Waals surface area contributed by atoms with Crippen molar-refractivity contribution < 1.29 is 22.7 Å². The first-order valence-corrected chi connectivity index (χ1v) is 15.5. The Bertz CT molecular complexity index is 1650. The molecule has 43 heavy (non-hydrogen) atoms. The molecule has 0 fully saturated rings. The van der Waals surface area contributed by atoms with Crippen molar-refractivity contribution >= 4 is 39.1 Å². The quantitative estimate of drug-likeness (QED) is 0.234. The third-order valence-electron chi connectivity index (χ3n) is 7.01. The molecule has 0 aromatic heterocycles. The van der Waals surface area contributed by atoms with Crippen LogP contribution in [0.15, 0.2) is 108 Å².